The van der Waals surface area contributed by atoms with Crippen LogP contribution in [-0.4, -0.2) is 58.4 Å². The van der Waals surface area contributed by atoms with Crippen molar-refractivity contribution < 1.29 is 27.4 Å². The van der Waals surface area contributed by atoms with Crippen LogP contribution in [0.15, 0.2) is 23.1 Å². The van der Waals surface area contributed by atoms with Gasteiger partial charge in [0.2, 0.25) is 10.0 Å². The second-order valence-corrected chi connectivity index (χ2v) is 8.23. The molecule has 7 nitrogen and oxygen atoms in total. The van der Waals surface area contributed by atoms with Crippen molar-refractivity contribution in [1.29, 1.82) is 0 Å². The second kappa shape index (κ2) is 7.41. The van der Waals surface area contributed by atoms with Crippen LogP contribution in [0, 0.1) is 12.8 Å². The van der Waals surface area contributed by atoms with E-state index in [0.717, 1.165) is 0 Å². The Kier molecular flexibility index (Phi) is 5.43. The summed E-state index contributed by atoms with van der Waals surface area (Å²) < 4.78 is 43.2. The molecule has 0 N–H and O–H groups in total. The van der Waals surface area contributed by atoms with Crippen molar-refractivity contribution in [2.24, 2.45) is 5.92 Å². The van der Waals surface area contributed by atoms with E-state index in [1.807, 2.05) is 0 Å². The number of esters is 1. The molecule has 138 valence electrons. The summed E-state index contributed by atoms with van der Waals surface area (Å²) in [6.45, 7) is 3.75. The monoisotopic (exact) mass is 369 g/mol. The Labute approximate surface area is 147 Å². The van der Waals surface area contributed by atoms with E-state index in [1.54, 1.807) is 19.1 Å². The molecule has 8 heteroatoms. The number of methoxy groups -OCH3 is 1. The van der Waals surface area contributed by atoms with Gasteiger partial charge in [-0.25, -0.2) is 13.2 Å². The minimum absolute atomic E-state index is 0.155. The fourth-order valence-corrected chi connectivity index (χ4v) is 5.02. The molecule has 1 aromatic carbocycles. The number of nitrogens with zero attached hydrogens (tertiary/aromatic N) is 1. The topological polar surface area (TPSA) is 82.1 Å². The Hall–Kier alpha value is -1.48. The summed E-state index contributed by atoms with van der Waals surface area (Å²) in [6, 6.07) is 4.60. The minimum atomic E-state index is -3.66. The molecule has 0 spiro atoms. The molecule has 0 aromatic heterocycles. The second-order valence-electron chi connectivity index (χ2n) is 6.32. The third-order valence-electron chi connectivity index (χ3n) is 4.76. The highest BCUT2D eigenvalue weighted by Crippen LogP contribution is 2.30. The van der Waals surface area contributed by atoms with Crippen molar-refractivity contribution in [2.45, 2.75) is 31.0 Å². The number of carbonyl (C=O) groups is 1. The summed E-state index contributed by atoms with van der Waals surface area (Å²) in [5.41, 5.74) is 0.839. The van der Waals surface area contributed by atoms with Crippen LogP contribution in [0.5, 0.6) is 0 Å². The van der Waals surface area contributed by atoms with Crippen LogP contribution in [0.1, 0.15) is 28.8 Å². The molecule has 1 aromatic rings. The van der Waals surface area contributed by atoms with Gasteiger partial charge in [-0.2, -0.15) is 4.31 Å². The summed E-state index contributed by atoms with van der Waals surface area (Å²) >= 11 is 0. The lowest BCUT2D eigenvalue weighted by Gasteiger charge is -2.33. The third-order valence-corrected chi connectivity index (χ3v) is 6.80. The van der Waals surface area contributed by atoms with Crippen molar-refractivity contribution in [3.05, 3.63) is 29.3 Å². The maximum absolute atomic E-state index is 13.0. The highest BCUT2D eigenvalue weighted by Gasteiger charge is 2.35. The van der Waals surface area contributed by atoms with Crippen LogP contribution in [0.3, 0.4) is 0 Å². The number of hydrogen-bond acceptors (Lipinski definition) is 6. The fourth-order valence-electron chi connectivity index (χ4n) is 3.30. The average Bonchev–Trinajstić information content (AvgIpc) is 3.16. The Morgan fingerprint density at radius 1 is 1.20 bits per heavy atom. The van der Waals surface area contributed by atoms with Crippen LogP contribution in [0.25, 0.3) is 0 Å². The first-order chi connectivity index (χ1) is 11.9. The molecule has 3 rings (SSSR count). The first-order valence-corrected chi connectivity index (χ1v) is 9.80. The molecule has 0 aliphatic carbocycles. The number of ether oxygens (including phenoxy) is 3. The standard InChI is InChI=1S/C17H23NO6S/c1-12-3-4-14(16(19)22-2)11-15(12)25(20,21)18-7-5-13(6-8-18)17-23-9-10-24-17/h3-4,11,13,17H,5-10H2,1-2H3. The van der Waals surface area contributed by atoms with Gasteiger partial charge in [0.1, 0.15) is 0 Å². The van der Waals surface area contributed by atoms with E-state index < -0.39 is 16.0 Å². The molecule has 0 saturated carbocycles. The lowest BCUT2D eigenvalue weighted by molar-refractivity contribution is -0.0938. The van der Waals surface area contributed by atoms with Crippen molar-refractivity contribution in [2.75, 3.05) is 33.4 Å². The van der Waals surface area contributed by atoms with Crippen LogP contribution in [-0.2, 0) is 24.2 Å². The van der Waals surface area contributed by atoms with Crippen LogP contribution >= 0.6 is 0 Å². The first kappa shape index (κ1) is 18.3. The normalized spacial score (nSPS) is 20.7. The summed E-state index contributed by atoms with van der Waals surface area (Å²) in [6.07, 6.45) is 1.17. The molecule has 0 bridgehead atoms. The Bertz CT molecular complexity index is 734. The van der Waals surface area contributed by atoms with Crippen LogP contribution in [0.4, 0.5) is 0 Å². The molecular formula is C17H23NO6S. The van der Waals surface area contributed by atoms with E-state index in [-0.39, 0.29) is 22.7 Å². The predicted octanol–water partition coefficient (Wildman–Crippen LogP) is 1.56. The smallest absolute Gasteiger partial charge is 0.337 e. The Morgan fingerprint density at radius 3 is 2.44 bits per heavy atom. The molecule has 0 amide bonds. The predicted molar refractivity (Wildman–Crippen MR) is 89.7 cm³/mol. The minimum Gasteiger partial charge on any atom is -0.465 e. The molecule has 2 fully saturated rings. The quantitative estimate of drug-likeness (QED) is 0.749. The van der Waals surface area contributed by atoms with Gasteiger partial charge in [-0.1, -0.05) is 6.07 Å². The zero-order chi connectivity index (χ0) is 18.0. The number of sulfonamides is 1. The highest BCUT2D eigenvalue weighted by atomic mass is 32.2. The molecule has 2 aliphatic heterocycles. The first-order valence-electron chi connectivity index (χ1n) is 8.36. The van der Waals surface area contributed by atoms with Gasteiger partial charge in [0.25, 0.3) is 0 Å². The maximum atomic E-state index is 13.0. The van der Waals surface area contributed by atoms with E-state index in [4.69, 9.17) is 9.47 Å². The van der Waals surface area contributed by atoms with Crippen molar-refractivity contribution in [3.63, 3.8) is 0 Å². The van der Waals surface area contributed by atoms with Gasteiger partial charge < -0.3 is 14.2 Å². The maximum Gasteiger partial charge on any atom is 0.337 e. The largest absolute Gasteiger partial charge is 0.465 e. The molecule has 2 heterocycles. The van der Waals surface area contributed by atoms with Crippen LogP contribution < -0.4 is 0 Å². The lowest BCUT2D eigenvalue weighted by Crippen LogP contribution is -2.41. The molecular weight excluding hydrogens is 346 g/mol. The van der Waals surface area contributed by atoms with E-state index in [9.17, 15) is 13.2 Å². The van der Waals surface area contributed by atoms with Gasteiger partial charge >= 0.3 is 5.97 Å². The molecule has 0 unspecified atom stereocenters. The van der Waals surface area contributed by atoms with Gasteiger partial charge in [-0.05, 0) is 37.5 Å². The summed E-state index contributed by atoms with van der Waals surface area (Å²) in [7, 11) is -2.39. The van der Waals surface area contributed by atoms with Gasteiger partial charge in [0.15, 0.2) is 6.29 Å². The lowest BCUT2D eigenvalue weighted by atomic mass is 9.98. The number of aryl methyl sites for hydroxylation is 1. The molecule has 0 atom stereocenters. The number of piperidine rings is 1. The SMILES string of the molecule is COC(=O)c1ccc(C)c(S(=O)(=O)N2CCC(C3OCCO3)CC2)c1. The summed E-state index contributed by atoms with van der Waals surface area (Å²) in [5, 5.41) is 0. The molecule has 2 saturated heterocycles. The number of rotatable bonds is 4. The van der Waals surface area contributed by atoms with Crippen molar-refractivity contribution in [3.8, 4) is 0 Å². The third kappa shape index (κ3) is 3.72. The van der Waals surface area contributed by atoms with E-state index >= 15 is 0 Å². The number of hydrogen-bond donors (Lipinski definition) is 0. The highest BCUT2D eigenvalue weighted by molar-refractivity contribution is 7.89. The molecule has 25 heavy (non-hydrogen) atoms. The Morgan fingerprint density at radius 2 is 1.84 bits per heavy atom. The van der Waals surface area contributed by atoms with E-state index in [0.29, 0.717) is 44.7 Å². The summed E-state index contributed by atoms with van der Waals surface area (Å²) in [4.78, 5) is 11.9. The Balaban J connectivity index is 1.77. The van der Waals surface area contributed by atoms with Crippen LogP contribution in [0.2, 0.25) is 0 Å². The molecule has 2 aliphatic rings. The fraction of sp³-hybridized carbons (Fsp3) is 0.588. The van der Waals surface area contributed by atoms with Gasteiger partial charge in [-0.3, -0.25) is 0 Å². The van der Waals surface area contributed by atoms with Gasteiger partial charge in [0.05, 0.1) is 30.8 Å². The number of carbonyl (C=O) groups excluding carboxylic acids is 1. The number of benzene rings is 1. The molecule has 0 radical (unpaired) electrons. The van der Waals surface area contributed by atoms with Gasteiger partial charge in [0, 0.05) is 19.0 Å². The van der Waals surface area contributed by atoms with E-state index in [1.165, 1.54) is 17.5 Å². The zero-order valence-electron chi connectivity index (χ0n) is 14.4. The van der Waals surface area contributed by atoms with Crippen molar-refractivity contribution >= 4 is 16.0 Å². The summed E-state index contributed by atoms with van der Waals surface area (Å²) in [5.74, 6) is -0.331. The average molecular weight is 369 g/mol. The van der Waals surface area contributed by atoms with E-state index in [2.05, 4.69) is 4.74 Å². The van der Waals surface area contributed by atoms with Gasteiger partial charge in [-0.15, -0.1) is 0 Å². The zero-order valence-corrected chi connectivity index (χ0v) is 15.3. The van der Waals surface area contributed by atoms with Crippen molar-refractivity contribution in [1.82, 2.24) is 4.31 Å².